The van der Waals surface area contributed by atoms with Gasteiger partial charge < -0.3 is 5.73 Å². The molecule has 1 amide bonds. The summed E-state index contributed by atoms with van der Waals surface area (Å²) in [5.41, 5.74) is 5.50. The number of aromatic nitrogens is 1. The largest absolute Gasteiger partial charge is 0.364 e. The maximum absolute atomic E-state index is 10.8. The van der Waals surface area contributed by atoms with Crippen LogP contribution in [0.3, 0.4) is 0 Å². The fourth-order valence-electron chi connectivity index (χ4n) is 1.06. The molecule has 0 fully saturated rings. The Hall–Kier alpha value is -1.13. The summed E-state index contributed by atoms with van der Waals surface area (Å²) in [6.07, 6.45) is 0. The Morgan fingerprint density at radius 2 is 2.08 bits per heavy atom. The Balaban J connectivity index is 0.000000845. The van der Waals surface area contributed by atoms with E-state index in [1.54, 1.807) is 0 Å². The molecular formula is C8H7ClN2OS. The van der Waals surface area contributed by atoms with Crippen molar-refractivity contribution in [2.75, 3.05) is 0 Å². The molecule has 0 unspecified atom stereocenters. The second-order valence-electron chi connectivity index (χ2n) is 2.39. The van der Waals surface area contributed by atoms with Gasteiger partial charge in [0, 0.05) is 5.39 Å². The van der Waals surface area contributed by atoms with Gasteiger partial charge in [0.2, 0.25) is 0 Å². The third-order valence-electron chi connectivity index (χ3n) is 1.61. The van der Waals surface area contributed by atoms with E-state index < -0.39 is 5.91 Å². The average molecular weight is 215 g/mol. The Morgan fingerprint density at radius 1 is 1.38 bits per heavy atom. The fraction of sp³-hybridized carbons (Fsp3) is 0. The number of carbonyl (C=O) groups is 1. The Labute approximate surface area is 85.1 Å². The Bertz CT molecular complexity index is 440. The number of hydrogen-bond acceptors (Lipinski definition) is 3. The van der Waals surface area contributed by atoms with Gasteiger partial charge in [0.05, 0.1) is 4.70 Å². The van der Waals surface area contributed by atoms with Gasteiger partial charge in [-0.2, -0.15) is 4.37 Å². The fourth-order valence-corrected chi connectivity index (χ4v) is 1.84. The molecule has 0 bridgehead atoms. The highest BCUT2D eigenvalue weighted by molar-refractivity contribution is 7.13. The third kappa shape index (κ3) is 1.64. The molecule has 0 aliphatic carbocycles. The zero-order valence-electron chi connectivity index (χ0n) is 6.56. The van der Waals surface area contributed by atoms with Crippen LogP contribution in [-0.4, -0.2) is 10.3 Å². The van der Waals surface area contributed by atoms with Gasteiger partial charge in [-0.25, -0.2) is 0 Å². The first kappa shape index (κ1) is 9.95. The number of primary amides is 1. The molecule has 13 heavy (non-hydrogen) atoms. The molecule has 0 saturated carbocycles. The van der Waals surface area contributed by atoms with Gasteiger partial charge in [0.1, 0.15) is 5.69 Å². The molecule has 0 spiro atoms. The van der Waals surface area contributed by atoms with Crippen molar-refractivity contribution >= 4 is 39.9 Å². The minimum atomic E-state index is -0.465. The molecule has 0 saturated heterocycles. The number of fused-ring (bicyclic) bond motifs is 1. The van der Waals surface area contributed by atoms with Crippen LogP contribution >= 0.6 is 23.9 Å². The summed E-state index contributed by atoms with van der Waals surface area (Å²) < 4.78 is 4.95. The first-order valence-corrected chi connectivity index (χ1v) is 4.20. The van der Waals surface area contributed by atoms with E-state index >= 15 is 0 Å². The lowest BCUT2D eigenvalue weighted by molar-refractivity contribution is 0.0998. The summed E-state index contributed by atoms with van der Waals surface area (Å²) >= 11 is 1.29. The Kier molecular flexibility index (Phi) is 2.85. The van der Waals surface area contributed by atoms with Gasteiger partial charge in [-0.3, -0.25) is 4.79 Å². The van der Waals surface area contributed by atoms with Crippen LogP contribution in [0.5, 0.6) is 0 Å². The zero-order chi connectivity index (χ0) is 8.55. The van der Waals surface area contributed by atoms with Crippen LogP contribution < -0.4 is 5.73 Å². The van der Waals surface area contributed by atoms with E-state index in [4.69, 9.17) is 5.73 Å². The third-order valence-corrected chi connectivity index (χ3v) is 2.44. The van der Waals surface area contributed by atoms with Crippen LogP contribution in [0.2, 0.25) is 0 Å². The number of hydrogen-bond donors (Lipinski definition) is 1. The summed E-state index contributed by atoms with van der Waals surface area (Å²) in [5.74, 6) is -0.465. The smallest absolute Gasteiger partial charge is 0.269 e. The first-order valence-electron chi connectivity index (χ1n) is 3.43. The molecule has 1 aromatic carbocycles. The van der Waals surface area contributed by atoms with E-state index in [9.17, 15) is 4.79 Å². The lowest BCUT2D eigenvalue weighted by Crippen LogP contribution is -2.11. The molecule has 2 N–H and O–H groups in total. The number of benzene rings is 1. The van der Waals surface area contributed by atoms with Crippen molar-refractivity contribution < 1.29 is 4.79 Å². The van der Waals surface area contributed by atoms with E-state index in [2.05, 4.69) is 4.37 Å². The minimum Gasteiger partial charge on any atom is -0.364 e. The van der Waals surface area contributed by atoms with Gasteiger partial charge in [0.25, 0.3) is 5.91 Å². The number of halogens is 1. The standard InChI is InChI=1S/C8H6N2OS.ClH/c9-8(11)7-5-3-1-2-4-6(5)12-10-7;/h1-4H,(H2,9,11);1H. The van der Waals surface area contributed by atoms with E-state index in [1.165, 1.54) is 11.5 Å². The first-order chi connectivity index (χ1) is 5.79. The second kappa shape index (κ2) is 3.72. The molecule has 0 radical (unpaired) electrons. The quantitative estimate of drug-likeness (QED) is 0.787. The van der Waals surface area contributed by atoms with Crippen molar-refractivity contribution in [3.63, 3.8) is 0 Å². The average Bonchev–Trinajstić information content (AvgIpc) is 2.47. The number of carbonyl (C=O) groups excluding carboxylic acids is 1. The van der Waals surface area contributed by atoms with E-state index in [1.807, 2.05) is 24.3 Å². The van der Waals surface area contributed by atoms with Crippen LogP contribution in [-0.2, 0) is 0 Å². The van der Waals surface area contributed by atoms with Crippen molar-refractivity contribution in [3.8, 4) is 0 Å². The van der Waals surface area contributed by atoms with E-state index in [-0.39, 0.29) is 12.4 Å². The second-order valence-corrected chi connectivity index (χ2v) is 3.20. The van der Waals surface area contributed by atoms with E-state index in [0.717, 1.165) is 10.1 Å². The summed E-state index contributed by atoms with van der Waals surface area (Å²) in [7, 11) is 0. The highest BCUT2D eigenvalue weighted by Gasteiger charge is 2.09. The summed E-state index contributed by atoms with van der Waals surface area (Å²) in [5, 5.41) is 0.843. The Morgan fingerprint density at radius 3 is 2.77 bits per heavy atom. The number of amides is 1. The van der Waals surface area contributed by atoms with Crippen LogP contribution in [0.25, 0.3) is 10.1 Å². The van der Waals surface area contributed by atoms with Crippen molar-refractivity contribution in [3.05, 3.63) is 30.0 Å². The van der Waals surface area contributed by atoms with Crippen molar-refractivity contribution in [1.29, 1.82) is 0 Å². The highest BCUT2D eigenvalue weighted by atomic mass is 35.5. The number of rotatable bonds is 1. The predicted octanol–water partition coefficient (Wildman–Crippen LogP) is 1.82. The molecule has 0 aliphatic rings. The molecule has 68 valence electrons. The summed E-state index contributed by atoms with van der Waals surface area (Å²) in [4.78, 5) is 10.8. The van der Waals surface area contributed by atoms with Crippen molar-refractivity contribution in [1.82, 2.24) is 4.37 Å². The van der Waals surface area contributed by atoms with Crippen molar-refractivity contribution in [2.24, 2.45) is 5.73 Å². The lowest BCUT2D eigenvalue weighted by atomic mass is 10.2. The molecular weight excluding hydrogens is 208 g/mol. The van der Waals surface area contributed by atoms with E-state index in [0.29, 0.717) is 5.69 Å². The normalized spacial score (nSPS) is 9.54. The molecule has 5 heteroatoms. The van der Waals surface area contributed by atoms with Crippen LogP contribution in [0, 0.1) is 0 Å². The van der Waals surface area contributed by atoms with Gasteiger partial charge >= 0.3 is 0 Å². The molecule has 1 heterocycles. The monoisotopic (exact) mass is 214 g/mol. The summed E-state index contributed by atoms with van der Waals surface area (Å²) in [6, 6.07) is 7.53. The summed E-state index contributed by atoms with van der Waals surface area (Å²) in [6.45, 7) is 0. The molecule has 2 aromatic rings. The minimum absolute atomic E-state index is 0. The SMILES string of the molecule is Cl.NC(=O)c1nsc2ccccc12. The highest BCUT2D eigenvalue weighted by Crippen LogP contribution is 2.21. The number of nitrogens with zero attached hydrogens (tertiary/aromatic N) is 1. The van der Waals surface area contributed by atoms with Gasteiger partial charge in [-0.1, -0.05) is 18.2 Å². The van der Waals surface area contributed by atoms with Crippen LogP contribution in [0.1, 0.15) is 10.5 Å². The van der Waals surface area contributed by atoms with Gasteiger partial charge in [-0.15, -0.1) is 12.4 Å². The molecule has 1 aromatic heterocycles. The van der Waals surface area contributed by atoms with Gasteiger partial charge in [0.15, 0.2) is 0 Å². The van der Waals surface area contributed by atoms with Crippen LogP contribution in [0.4, 0.5) is 0 Å². The topological polar surface area (TPSA) is 56.0 Å². The maximum Gasteiger partial charge on any atom is 0.269 e. The molecule has 2 rings (SSSR count). The number of nitrogens with two attached hydrogens (primary N) is 1. The molecule has 0 atom stereocenters. The maximum atomic E-state index is 10.8. The lowest BCUT2D eigenvalue weighted by Gasteiger charge is -1.88. The van der Waals surface area contributed by atoms with Crippen LogP contribution in [0.15, 0.2) is 24.3 Å². The predicted molar refractivity (Wildman–Crippen MR) is 55.4 cm³/mol. The molecule has 0 aliphatic heterocycles. The molecule has 3 nitrogen and oxygen atoms in total. The van der Waals surface area contributed by atoms with Crippen molar-refractivity contribution in [2.45, 2.75) is 0 Å². The van der Waals surface area contributed by atoms with Gasteiger partial charge in [-0.05, 0) is 17.6 Å². The zero-order valence-corrected chi connectivity index (χ0v) is 8.19.